The van der Waals surface area contributed by atoms with E-state index in [2.05, 4.69) is 21.8 Å². The van der Waals surface area contributed by atoms with E-state index in [4.69, 9.17) is 0 Å². The van der Waals surface area contributed by atoms with Crippen LogP contribution < -0.4 is 0 Å². The summed E-state index contributed by atoms with van der Waals surface area (Å²) in [5, 5.41) is 3.21. The van der Waals surface area contributed by atoms with Gasteiger partial charge in [-0.2, -0.15) is 0 Å². The van der Waals surface area contributed by atoms with Crippen molar-refractivity contribution in [2.75, 3.05) is 39.3 Å². The van der Waals surface area contributed by atoms with Gasteiger partial charge in [0.1, 0.15) is 0 Å². The van der Waals surface area contributed by atoms with Gasteiger partial charge in [0.15, 0.2) is 0 Å². The van der Waals surface area contributed by atoms with Gasteiger partial charge in [0, 0.05) is 57.6 Å². The molecule has 25 heavy (non-hydrogen) atoms. The Labute approximate surface area is 153 Å². The van der Waals surface area contributed by atoms with E-state index < -0.39 is 0 Å². The Morgan fingerprint density at radius 1 is 1.40 bits per heavy atom. The third-order valence-electron chi connectivity index (χ3n) is 4.87. The predicted octanol–water partition coefficient (Wildman–Crippen LogP) is 1.52. The van der Waals surface area contributed by atoms with Gasteiger partial charge in [0.2, 0.25) is 11.8 Å². The van der Waals surface area contributed by atoms with Crippen molar-refractivity contribution in [3.8, 4) is 0 Å². The summed E-state index contributed by atoms with van der Waals surface area (Å²) < 4.78 is 0. The lowest BCUT2D eigenvalue weighted by molar-refractivity contribution is -0.135. The molecular formula is C18H26N4O2S. The third-order valence-corrected chi connectivity index (χ3v) is 5.69. The van der Waals surface area contributed by atoms with Gasteiger partial charge in [-0.1, -0.05) is 6.08 Å². The average Bonchev–Trinajstić information content (AvgIpc) is 3.07. The fraction of sp³-hybridized carbons (Fsp3) is 0.611. The minimum atomic E-state index is -0.194. The highest BCUT2D eigenvalue weighted by molar-refractivity contribution is 7.09. The molecule has 1 unspecified atom stereocenters. The summed E-state index contributed by atoms with van der Waals surface area (Å²) in [6.45, 7) is 11.0. The van der Waals surface area contributed by atoms with Gasteiger partial charge < -0.3 is 9.80 Å². The van der Waals surface area contributed by atoms with Crippen LogP contribution in [0.4, 0.5) is 0 Å². The number of nitrogens with zero attached hydrogens (tertiary/aromatic N) is 4. The van der Waals surface area contributed by atoms with E-state index >= 15 is 0 Å². The standard InChI is InChI=1S/C18H26N4O2S/c1-3-5-22-11-15(10-17(22)23)18(24)21-7-4-6-20(8-9-21)12-16-13-25-14(2)19-16/h3,13,15H,1,4-12H2,2H3. The van der Waals surface area contributed by atoms with E-state index in [0.29, 0.717) is 19.5 Å². The van der Waals surface area contributed by atoms with Crippen molar-refractivity contribution in [2.45, 2.75) is 26.3 Å². The van der Waals surface area contributed by atoms with E-state index in [0.717, 1.165) is 49.8 Å². The first-order valence-electron chi connectivity index (χ1n) is 8.87. The maximum atomic E-state index is 12.8. The molecule has 1 aromatic rings. The monoisotopic (exact) mass is 362 g/mol. The van der Waals surface area contributed by atoms with Crippen molar-refractivity contribution in [1.29, 1.82) is 0 Å². The van der Waals surface area contributed by atoms with Gasteiger partial charge in [-0.05, 0) is 13.3 Å². The van der Waals surface area contributed by atoms with Gasteiger partial charge in [-0.3, -0.25) is 14.5 Å². The van der Waals surface area contributed by atoms with E-state index in [1.165, 1.54) is 0 Å². The lowest BCUT2D eigenvalue weighted by Gasteiger charge is -2.24. The van der Waals surface area contributed by atoms with Crippen LogP contribution in [0.2, 0.25) is 0 Å². The Hall–Kier alpha value is -1.73. The number of amides is 2. The number of thiazole rings is 1. The number of hydrogen-bond donors (Lipinski definition) is 0. The zero-order chi connectivity index (χ0) is 17.8. The van der Waals surface area contributed by atoms with Crippen LogP contribution in [0.15, 0.2) is 18.0 Å². The van der Waals surface area contributed by atoms with Crippen LogP contribution >= 0.6 is 11.3 Å². The minimum Gasteiger partial charge on any atom is -0.341 e. The molecule has 2 amide bonds. The lowest BCUT2D eigenvalue weighted by atomic mass is 10.1. The first-order chi connectivity index (χ1) is 12.1. The molecule has 0 bridgehead atoms. The van der Waals surface area contributed by atoms with Gasteiger partial charge >= 0.3 is 0 Å². The molecule has 2 fully saturated rings. The van der Waals surface area contributed by atoms with Crippen molar-refractivity contribution in [3.05, 3.63) is 28.7 Å². The summed E-state index contributed by atoms with van der Waals surface area (Å²) in [5.74, 6) is 0.0000514. The van der Waals surface area contributed by atoms with Crippen LogP contribution in [0.1, 0.15) is 23.5 Å². The smallest absolute Gasteiger partial charge is 0.228 e. The van der Waals surface area contributed by atoms with Gasteiger partial charge in [-0.15, -0.1) is 17.9 Å². The number of likely N-dealkylation sites (tertiary alicyclic amines) is 1. The molecule has 1 atom stereocenters. The Balaban J connectivity index is 1.53. The van der Waals surface area contributed by atoms with Crippen LogP contribution in [0.3, 0.4) is 0 Å². The van der Waals surface area contributed by atoms with E-state index in [1.54, 1.807) is 22.3 Å². The molecule has 2 aliphatic heterocycles. The molecule has 0 aliphatic carbocycles. The number of rotatable bonds is 5. The molecule has 3 rings (SSSR count). The van der Waals surface area contributed by atoms with Crippen LogP contribution in [-0.4, -0.2) is 70.8 Å². The Bertz CT molecular complexity index is 645. The molecule has 1 aromatic heterocycles. The van der Waals surface area contributed by atoms with E-state index in [9.17, 15) is 9.59 Å². The van der Waals surface area contributed by atoms with Crippen LogP contribution in [0, 0.1) is 12.8 Å². The Morgan fingerprint density at radius 2 is 2.24 bits per heavy atom. The van der Waals surface area contributed by atoms with Crippen LogP contribution in [0.25, 0.3) is 0 Å². The molecule has 2 saturated heterocycles. The predicted molar refractivity (Wildman–Crippen MR) is 98.2 cm³/mol. The second-order valence-electron chi connectivity index (χ2n) is 6.80. The summed E-state index contributed by atoms with van der Waals surface area (Å²) >= 11 is 1.68. The number of aromatic nitrogens is 1. The topological polar surface area (TPSA) is 56.8 Å². The minimum absolute atomic E-state index is 0.0635. The molecule has 0 aromatic carbocycles. The third kappa shape index (κ3) is 4.46. The largest absolute Gasteiger partial charge is 0.341 e. The van der Waals surface area contributed by atoms with Gasteiger partial charge in [-0.25, -0.2) is 4.98 Å². The molecule has 0 N–H and O–H groups in total. The summed E-state index contributed by atoms with van der Waals surface area (Å²) in [6.07, 6.45) is 3.02. The van der Waals surface area contributed by atoms with E-state index in [1.807, 2.05) is 11.8 Å². The lowest BCUT2D eigenvalue weighted by Crippen LogP contribution is -2.39. The summed E-state index contributed by atoms with van der Waals surface area (Å²) in [7, 11) is 0. The molecular weight excluding hydrogens is 336 g/mol. The molecule has 0 spiro atoms. The fourth-order valence-electron chi connectivity index (χ4n) is 3.59. The Kier molecular flexibility index (Phi) is 5.86. The number of aryl methyl sites for hydroxylation is 1. The quantitative estimate of drug-likeness (QED) is 0.745. The number of carbonyl (C=O) groups excluding carboxylic acids is 2. The number of carbonyl (C=O) groups is 2. The first-order valence-corrected chi connectivity index (χ1v) is 9.75. The zero-order valence-electron chi connectivity index (χ0n) is 14.8. The normalized spacial score (nSPS) is 22.3. The van der Waals surface area contributed by atoms with Crippen molar-refractivity contribution in [3.63, 3.8) is 0 Å². The molecule has 136 valence electrons. The maximum absolute atomic E-state index is 12.8. The summed E-state index contributed by atoms with van der Waals surface area (Å²) in [5.41, 5.74) is 1.11. The SMILES string of the molecule is C=CCN1CC(C(=O)N2CCCN(Cc3csc(C)n3)CC2)CC1=O. The fourth-order valence-corrected chi connectivity index (χ4v) is 4.19. The second kappa shape index (κ2) is 8.10. The van der Waals surface area contributed by atoms with Gasteiger partial charge in [0.25, 0.3) is 0 Å². The molecule has 0 saturated carbocycles. The molecule has 6 nitrogen and oxygen atoms in total. The molecule has 0 radical (unpaired) electrons. The second-order valence-corrected chi connectivity index (χ2v) is 7.86. The maximum Gasteiger partial charge on any atom is 0.228 e. The summed E-state index contributed by atoms with van der Waals surface area (Å²) in [4.78, 5) is 35.4. The van der Waals surface area contributed by atoms with Crippen molar-refractivity contribution in [2.24, 2.45) is 5.92 Å². The highest BCUT2D eigenvalue weighted by Gasteiger charge is 2.36. The molecule has 3 heterocycles. The summed E-state index contributed by atoms with van der Waals surface area (Å²) in [6, 6.07) is 0. The van der Waals surface area contributed by atoms with Crippen molar-refractivity contribution >= 4 is 23.2 Å². The highest BCUT2D eigenvalue weighted by Crippen LogP contribution is 2.21. The highest BCUT2D eigenvalue weighted by atomic mass is 32.1. The van der Waals surface area contributed by atoms with Crippen molar-refractivity contribution < 1.29 is 9.59 Å². The molecule has 2 aliphatic rings. The Morgan fingerprint density at radius 3 is 2.96 bits per heavy atom. The first kappa shape index (κ1) is 18.1. The zero-order valence-corrected chi connectivity index (χ0v) is 15.6. The van der Waals surface area contributed by atoms with Crippen molar-refractivity contribution in [1.82, 2.24) is 19.7 Å². The van der Waals surface area contributed by atoms with Crippen LogP contribution in [0.5, 0.6) is 0 Å². The van der Waals surface area contributed by atoms with Gasteiger partial charge in [0.05, 0.1) is 16.6 Å². The molecule has 7 heteroatoms. The number of hydrogen-bond acceptors (Lipinski definition) is 5. The average molecular weight is 362 g/mol. The van der Waals surface area contributed by atoms with Crippen LogP contribution in [-0.2, 0) is 16.1 Å². The van der Waals surface area contributed by atoms with E-state index in [-0.39, 0.29) is 17.7 Å².